The summed E-state index contributed by atoms with van der Waals surface area (Å²) in [7, 11) is 0. The van der Waals surface area contributed by atoms with Crippen molar-refractivity contribution in [2.75, 3.05) is 13.2 Å². The van der Waals surface area contributed by atoms with E-state index in [-0.39, 0.29) is 0 Å². The molecular formula is C22H44O. The highest BCUT2D eigenvalue weighted by molar-refractivity contribution is 4.65. The van der Waals surface area contributed by atoms with Gasteiger partial charge in [0.1, 0.15) is 0 Å². The van der Waals surface area contributed by atoms with Crippen LogP contribution in [0.25, 0.3) is 0 Å². The van der Waals surface area contributed by atoms with Crippen LogP contribution >= 0.6 is 0 Å². The Bertz CT molecular complexity index is 212. The Balaban J connectivity index is 2.93. The minimum absolute atomic E-state index is 0.964. The molecule has 0 spiro atoms. The fraction of sp³-hybridized carbons (Fsp3) is 0.909. The minimum Gasteiger partial charge on any atom is -0.381 e. The predicted molar refractivity (Wildman–Crippen MR) is 105 cm³/mol. The van der Waals surface area contributed by atoms with E-state index < -0.39 is 0 Å². The summed E-state index contributed by atoms with van der Waals surface area (Å²) in [6.07, 6.45) is 25.5. The lowest BCUT2D eigenvalue weighted by molar-refractivity contribution is 0.127. The molecule has 0 aliphatic rings. The fourth-order valence-electron chi connectivity index (χ4n) is 2.96. The van der Waals surface area contributed by atoms with E-state index in [2.05, 4.69) is 13.5 Å². The van der Waals surface area contributed by atoms with Crippen LogP contribution in [0, 0.1) is 0 Å². The zero-order valence-corrected chi connectivity index (χ0v) is 16.1. The van der Waals surface area contributed by atoms with Gasteiger partial charge in [-0.15, -0.1) is 6.58 Å². The summed E-state index contributed by atoms with van der Waals surface area (Å²) in [6, 6.07) is 0. The van der Waals surface area contributed by atoms with Crippen LogP contribution in [0.1, 0.15) is 116 Å². The van der Waals surface area contributed by atoms with E-state index in [1.165, 1.54) is 109 Å². The molecule has 0 atom stereocenters. The Morgan fingerprint density at radius 1 is 0.565 bits per heavy atom. The van der Waals surface area contributed by atoms with Crippen molar-refractivity contribution < 1.29 is 4.74 Å². The molecule has 0 saturated carbocycles. The third kappa shape index (κ3) is 21.7. The molecule has 0 saturated heterocycles. The van der Waals surface area contributed by atoms with E-state index in [9.17, 15) is 0 Å². The second kappa shape index (κ2) is 21.7. The van der Waals surface area contributed by atoms with Gasteiger partial charge in [-0.2, -0.15) is 0 Å². The largest absolute Gasteiger partial charge is 0.381 e. The third-order valence-corrected chi connectivity index (χ3v) is 4.59. The monoisotopic (exact) mass is 324 g/mol. The van der Waals surface area contributed by atoms with E-state index >= 15 is 0 Å². The summed E-state index contributed by atoms with van der Waals surface area (Å²) in [5.41, 5.74) is 0. The van der Waals surface area contributed by atoms with Crippen LogP contribution in [0.2, 0.25) is 0 Å². The normalized spacial score (nSPS) is 11.0. The predicted octanol–water partition coefficient (Wildman–Crippen LogP) is 7.84. The standard InChI is InChI=1S/C22H44O/c1-3-5-7-8-9-10-11-12-13-14-15-16-17-18-19-20-22-23-21-6-4-2/h3H,1,4-22H2,2H3. The SMILES string of the molecule is C=CCCCCCCCCCCCCCCCCOCCCC. The van der Waals surface area contributed by atoms with Gasteiger partial charge >= 0.3 is 0 Å². The number of hydrogen-bond donors (Lipinski definition) is 0. The first-order valence-corrected chi connectivity index (χ1v) is 10.6. The van der Waals surface area contributed by atoms with Crippen molar-refractivity contribution in [3.8, 4) is 0 Å². The molecule has 0 aromatic rings. The molecule has 0 amide bonds. The van der Waals surface area contributed by atoms with Gasteiger partial charge in [0, 0.05) is 13.2 Å². The summed E-state index contributed by atoms with van der Waals surface area (Å²) < 4.78 is 5.59. The molecular weight excluding hydrogens is 280 g/mol. The molecule has 0 heterocycles. The zero-order chi connectivity index (χ0) is 16.8. The highest BCUT2D eigenvalue weighted by Gasteiger charge is 1.94. The van der Waals surface area contributed by atoms with E-state index in [0.29, 0.717) is 0 Å². The van der Waals surface area contributed by atoms with Gasteiger partial charge in [0.25, 0.3) is 0 Å². The molecule has 0 radical (unpaired) electrons. The van der Waals surface area contributed by atoms with E-state index in [1.54, 1.807) is 0 Å². The molecule has 0 fully saturated rings. The van der Waals surface area contributed by atoms with Crippen LogP contribution in [-0.4, -0.2) is 13.2 Å². The first-order valence-electron chi connectivity index (χ1n) is 10.6. The third-order valence-electron chi connectivity index (χ3n) is 4.59. The van der Waals surface area contributed by atoms with Crippen LogP contribution < -0.4 is 0 Å². The van der Waals surface area contributed by atoms with Crippen molar-refractivity contribution in [1.82, 2.24) is 0 Å². The molecule has 138 valence electrons. The molecule has 23 heavy (non-hydrogen) atoms. The highest BCUT2D eigenvalue weighted by atomic mass is 16.5. The first-order chi connectivity index (χ1) is 11.4. The molecule has 0 N–H and O–H groups in total. The lowest BCUT2D eigenvalue weighted by Gasteiger charge is -2.04. The Hall–Kier alpha value is -0.300. The number of rotatable bonds is 20. The molecule has 0 aromatic heterocycles. The highest BCUT2D eigenvalue weighted by Crippen LogP contribution is 2.13. The maximum atomic E-state index is 5.59. The van der Waals surface area contributed by atoms with Gasteiger partial charge in [0.15, 0.2) is 0 Å². The molecule has 0 aliphatic heterocycles. The average molecular weight is 325 g/mol. The molecule has 1 nitrogen and oxygen atoms in total. The van der Waals surface area contributed by atoms with Gasteiger partial charge in [-0.1, -0.05) is 96.5 Å². The van der Waals surface area contributed by atoms with Gasteiger partial charge in [0.05, 0.1) is 0 Å². The van der Waals surface area contributed by atoms with Crippen molar-refractivity contribution in [3.63, 3.8) is 0 Å². The smallest absolute Gasteiger partial charge is 0.0466 e. The van der Waals surface area contributed by atoms with Crippen LogP contribution in [0.4, 0.5) is 0 Å². The zero-order valence-electron chi connectivity index (χ0n) is 16.1. The van der Waals surface area contributed by atoms with Crippen molar-refractivity contribution >= 4 is 0 Å². The second-order valence-corrected chi connectivity index (χ2v) is 6.99. The van der Waals surface area contributed by atoms with Crippen LogP contribution in [0.5, 0.6) is 0 Å². The van der Waals surface area contributed by atoms with Crippen LogP contribution in [-0.2, 0) is 4.74 Å². The Labute approximate surface area is 147 Å². The molecule has 0 aliphatic carbocycles. The van der Waals surface area contributed by atoms with Crippen molar-refractivity contribution in [2.45, 2.75) is 116 Å². The Kier molecular flexibility index (Phi) is 21.4. The second-order valence-electron chi connectivity index (χ2n) is 6.99. The van der Waals surface area contributed by atoms with E-state index in [1.807, 2.05) is 6.08 Å². The molecule has 0 aromatic carbocycles. The van der Waals surface area contributed by atoms with E-state index in [4.69, 9.17) is 4.74 Å². The lowest BCUT2D eigenvalue weighted by atomic mass is 10.0. The lowest BCUT2D eigenvalue weighted by Crippen LogP contribution is -1.96. The van der Waals surface area contributed by atoms with Crippen molar-refractivity contribution in [2.24, 2.45) is 0 Å². The van der Waals surface area contributed by atoms with Crippen LogP contribution in [0.15, 0.2) is 12.7 Å². The maximum absolute atomic E-state index is 5.59. The number of allylic oxidation sites excluding steroid dienone is 1. The molecule has 1 heteroatoms. The van der Waals surface area contributed by atoms with Gasteiger partial charge in [0.2, 0.25) is 0 Å². The number of unbranched alkanes of at least 4 members (excludes halogenated alkanes) is 15. The van der Waals surface area contributed by atoms with Gasteiger partial charge in [-0.3, -0.25) is 0 Å². The fourth-order valence-corrected chi connectivity index (χ4v) is 2.96. The maximum Gasteiger partial charge on any atom is 0.0466 e. The van der Waals surface area contributed by atoms with Crippen molar-refractivity contribution in [1.29, 1.82) is 0 Å². The molecule has 0 rings (SSSR count). The summed E-state index contributed by atoms with van der Waals surface area (Å²) in [5, 5.41) is 0. The summed E-state index contributed by atoms with van der Waals surface area (Å²) in [4.78, 5) is 0. The summed E-state index contributed by atoms with van der Waals surface area (Å²) in [6.45, 7) is 7.93. The number of hydrogen-bond acceptors (Lipinski definition) is 1. The Morgan fingerprint density at radius 3 is 1.39 bits per heavy atom. The number of ether oxygens (including phenoxy) is 1. The van der Waals surface area contributed by atoms with Crippen molar-refractivity contribution in [3.05, 3.63) is 12.7 Å². The summed E-state index contributed by atoms with van der Waals surface area (Å²) in [5.74, 6) is 0. The first kappa shape index (κ1) is 22.7. The van der Waals surface area contributed by atoms with Gasteiger partial charge < -0.3 is 4.74 Å². The van der Waals surface area contributed by atoms with E-state index in [0.717, 1.165) is 13.2 Å². The Morgan fingerprint density at radius 2 is 0.957 bits per heavy atom. The molecule has 0 bridgehead atoms. The summed E-state index contributed by atoms with van der Waals surface area (Å²) >= 11 is 0. The quantitative estimate of drug-likeness (QED) is 0.164. The minimum atomic E-state index is 0.964. The van der Waals surface area contributed by atoms with Gasteiger partial charge in [-0.05, 0) is 25.7 Å². The average Bonchev–Trinajstić information content (AvgIpc) is 2.57. The van der Waals surface area contributed by atoms with Crippen LogP contribution in [0.3, 0.4) is 0 Å². The van der Waals surface area contributed by atoms with Gasteiger partial charge in [-0.25, -0.2) is 0 Å². The molecule has 0 unspecified atom stereocenters. The topological polar surface area (TPSA) is 9.23 Å².